The molecule has 1 aromatic heterocycles. The Morgan fingerprint density at radius 2 is 1.39 bits per heavy atom. The van der Waals surface area contributed by atoms with Gasteiger partial charge in [-0.2, -0.15) is 0 Å². The molecule has 176 valence electrons. The van der Waals surface area contributed by atoms with E-state index in [0.717, 1.165) is 50.7 Å². The van der Waals surface area contributed by atoms with E-state index in [-0.39, 0.29) is 17.7 Å². The molecule has 4 nitrogen and oxygen atoms in total. The Labute approximate surface area is 213 Å². The summed E-state index contributed by atoms with van der Waals surface area (Å²) in [6.45, 7) is 4.38. The largest absolute Gasteiger partial charge is 0.318 e. The average molecular weight is 489 g/mol. The third-order valence-corrected chi connectivity index (χ3v) is 7.68. The van der Waals surface area contributed by atoms with Gasteiger partial charge in [0.15, 0.2) is 0 Å². The van der Waals surface area contributed by atoms with Crippen LogP contribution in [0.2, 0.25) is 0 Å². The van der Waals surface area contributed by atoms with Gasteiger partial charge in [-0.05, 0) is 88.6 Å². The van der Waals surface area contributed by atoms with Crippen LogP contribution in [-0.4, -0.2) is 20.6 Å². The lowest BCUT2D eigenvalue weighted by Gasteiger charge is -2.13. The Kier molecular flexibility index (Phi) is 5.50. The van der Waals surface area contributed by atoms with Gasteiger partial charge in [0.25, 0.3) is 11.1 Å². The highest BCUT2D eigenvalue weighted by Gasteiger charge is 2.35. The zero-order chi connectivity index (χ0) is 24.8. The van der Waals surface area contributed by atoms with Crippen LogP contribution in [0.4, 0.5) is 4.79 Å². The quantitative estimate of drug-likeness (QED) is 0.244. The third kappa shape index (κ3) is 3.91. The molecular weight excluding hydrogens is 464 g/mol. The van der Waals surface area contributed by atoms with Gasteiger partial charge in [0.2, 0.25) is 0 Å². The van der Waals surface area contributed by atoms with Gasteiger partial charge in [-0.3, -0.25) is 14.5 Å². The molecule has 6 rings (SSSR count). The standard InChI is InChI=1S/C31H24N2O2S/c1-20-15-27(21(2)33(20)28-14-13-24-8-4-6-10-26(24)17-28)18-29-30(34)32(31(35)36-29)19-22-11-12-23-7-3-5-9-25(23)16-22/h3-18H,19H2,1-2H3/b29-18-. The van der Waals surface area contributed by atoms with E-state index < -0.39 is 0 Å². The number of fused-ring (bicyclic) bond motifs is 2. The number of amides is 2. The van der Waals surface area contributed by atoms with Crippen molar-refractivity contribution >= 4 is 50.5 Å². The number of hydrogen-bond donors (Lipinski definition) is 0. The molecule has 0 aliphatic carbocycles. The lowest BCUT2D eigenvalue weighted by Crippen LogP contribution is -2.27. The summed E-state index contributed by atoms with van der Waals surface area (Å²) in [4.78, 5) is 27.8. The van der Waals surface area contributed by atoms with Crippen molar-refractivity contribution in [3.63, 3.8) is 0 Å². The van der Waals surface area contributed by atoms with Crippen LogP contribution in [0, 0.1) is 13.8 Å². The molecule has 1 aliphatic rings. The van der Waals surface area contributed by atoms with Crippen LogP contribution in [0.3, 0.4) is 0 Å². The molecule has 0 bridgehead atoms. The van der Waals surface area contributed by atoms with E-state index in [2.05, 4.69) is 54.0 Å². The Balaban J connectivity index is 1.29. The van der Waals surface area contributed by atoms with Crippen LogP contribution in [0.15, 0.2) is 95.9 Å². The highest BCUT2D eigenvalue weighted by Crippen LogP contribution is 2.35. The summed E-state index contributed by atoms with van der Waals surface area (Å²) in [6.07, 6.45) is 1.85. The molecule has 1 saturated heterocycles. The molecule has 5 aromatic rings. The van der Waals surface area contributed by atoms with E-state index in [4.69, 9.17) is 0 Å². The molecule has 2 amide bonds. The highest BCUT2D eigenvalue weighted by atomic mass is 32.2. The zero-order valence-corrected chi connectivity index (χ0v) is 20.9. The minimum atomic E-state index is -0.242. The predicted octanol–water partition coefficient (Wildman–Crippen LogP) is 7.64. The first-order chi connectivity index (χ1) is 17.5. The second kappa shape index (κ2) is 8.85. The predicted molar refractivity (Wildman–Crippen MR) is 148 cm³/mol. The Morgan fingerprint density at radius 3 is 2.11 bits per heavy atom. The molecule has 1 aliphatic heterocycles. The van der Waals surface area contributed by atoms with E-state index >= 15 is 0 Å². The molecule has 1 fully saturated rings. The van der Waals surface area contributed by atoms with Gasteiger partial charge in [-0.15, -0.1) is 0 Å². The van der Waals surface area contributed by atoms with Gasteiger partial charge >= 0.3 is 0 Å². The molecule has 0 saturated carbocycles. The average Bonchev–Trinajstić information content (AvgIpc) is 3.32. The summed E-state index contributed by atoms with van der Waals surface area (Å²) < 4.78 is 2.19. The summed E-state index contributed by atoms with van der Waals surface area (Å²) in [5.74, 6) is -0.242. The van der Waals surface area contributed by atoms with E-state index in [1.807, 2.05) is 61.5 Å². The number of nitrogens with zero attached hydrogens (tertiary/aromatic N) is 2. The summed E-state index contributed by atoms with van der Waals surface area (Å²) in [5.41, 5.74) is 5.06. The molecule has 0 unspecified atom stereocenters. The van der Waals surface area contributed by atoms with Crippen molar-refractivity contribution < 1.29 is 9.59 Å². The van der Waals surface area contributed by atoms with Crippen molar-refractivity contribution in [2.24, 2.45) is 0 Å². The maximum absolute atomic E-state index is 13.2. The first-order valence-electron chi connectivity index (χ1n) is 11.9. The number of carbonyl (C=O) groups is 2. The number of benzene rings is 4. The molecular formula is C31H24N2O2S. The SMILES string of the molecule is Cc1cc(/C=C2\SC(=O)N(Cc3ccc4ccccc4c3)C2=O)c(C)n1-c1ccc2ccccc2c1. The van der Waals surface area contributed by atoms with Gasteiger partial charge in [-0.1, -0.05) is 66.7 Å². The molecule has 4 aromatic carbocycles. The second-order valence-corrected chi connectivity index (χ2v) is 10.1. The Hall–Kier alpha value is -4.09. The number of imide groups is 1. The van der Waals surface area contributed by atoms with Crippen LogP contribution < -0.4 is 0 Å². The highest BCUT2D eigenvalue weighted by molar-refractivity contribution is 8.18. The lowest BCUT2D eigenvalue weighted by atomic mass is 10.1. The number of rotatable bonds is 4. The van der Waals surface area contributed by atoms with Crippen LogP contribution in [0.25, 0.3) is 33.3 Å². The maximum atomic E-state index is 13.2. The van der Waals surface area contributed by atoms with Gasteiger partial charge in [0, 0.05) is 17.1 Å². The number of aryl methyl sites for hydroxylation is 1. The first-order valence-corrected chi connectivity index (χ1v) is 12.7. The van der Waals surface area contributed by atoms with Crippen LogP contribution in [0.5, 0.6) is 0 Å². The Morgan fingerprint density at radius 1 is 0.750 bits per heavy atom. The van der Waals surface area contributed by atoms with Gasteiger partial charge in [0.1, 0.15) is 0 Å². The second-order valence-electron chi connectivity index (χ2n) is 9.14. The minimum absolute atomic E-state index is 0.234. The zero-order valence-electron chi connectivity index (χ0n) is 20.1. The van der Waals surface area contributed by atoms with E-state index in [1.54, 1.807) is 0 Å². The molecule has 36 heavy (non-hydrogen) atoms. The van der Waals surface area contributed by atoms with Gasteiger partial charge < -0.3 is 4.57 Å². The summed E-state index contributed by atoms with van der Waals surface area (Å²) >= 11 is 1.01. The van der Waals surface area contributed by atoms with Gasteiger partial charge in [-0.25, -0.2) is 0 Å². The fourth-order valence-corrected chi connectivity index (χ4v) is 5.77. The van der Waals surface area contributed by atoms with Crippen molar-refractivity contribution in [3.8, 4) is 5.69 Å². The fraction of sp³-hybridized carbons (Fsp3) is 0.0968. The van der Waals surface area contributed by atoms with Crippen molar-refractivity contribution in [1.82, 2.24) is 9.47 Å². The van der Waals surface area contributed by atoms with Gasteiger partial charge in [0.05, 0.1) is 11.4 Å². The normalized spacial score (nSPS) is 15.1. The van der Waals surface area contributed by atoms with Crippen molar-refractivity contribution in [2.45, 2.75) is 20.4 Å². The fourth-order valence-electron chi connectivity index (χ4n) is 4.94. The van der Waals surface area contributed by atoms with Crippen LogP contribution >= 0.6 is 11.8 Å². The molecule has 2 heterocycles. The van der Waals surface area contributed by atoms with Crippen LogP contribution in [-0.2, 0) is 11.3 Å². The van der Waals surface area contributed by atoms with Crippen molar-refractivity contribution in [2.75, 3.05) is 0 Å². The summed E-state index contributed by atoms with van der Waals surface area (Å²) in [7, 11) is 0. The van der Waals surface area contributed by atoms with E-state index in [9.17, 15) is 9.59 Å². The van der Waals surface area contributed by atoms with E-state index in [1.165, 1.54) is 15.7 Å². The number of carbonyl (C=O) groups excluding carboxylic acids is 2. The molecule has 5 heteroatoms. The first kappa shape index (κ1) is 22.4. The van der Waals surface area contributed by atoms with Crippen LogP contribution in [0.1, 0.15) is 22.5 Å². The van der Waals surface area contributed by atoms with Crippen molar-refractivity contribution in [3.05, 3.63) is 118 Å². The third-order valence-electron chi connectivity index (χ3n) is 6.78. The van der Waals surface area contributed by atoms with Crippen molar-refractivity contribution in [1.29, 1.82) is 0 Å². The Bertz CT molecular complexity index is 1710. The summed E-state index contributed by atoms with van der Waals surface area (Å²) in [5, 5.41) is 4.38. The molecule has 0 atom stereocenters. The minimum Gasteiger partial charge on any atom is -0.318 e. The molecule has 0 radical (unpaired) electrons. The number of aromatic nitrogens is 1. The number of thioether (sulfide) groups is 1. The topological polar surface area (TPSA) is 42.3 Å². The summed E-state index contributed by atoms with van der Waals surface area (Å²) in [6, 6.07) is 30.9. The number of hydrogen-bond acceptors (Lipinski definition) is 3. The monoisotopic (exact) mass is 488 g/mol. The molecule has 0 N–H and O–H groups in total. The maximum Gasteiger partial charge on any atom is 0.293 e. The van der Waals surface area contributed by atoms with E-state index in [0.29, 0.717) is 4.91 Å². The lowest BCUT2D eigenvalue weighted by molar-refractivity contribution is -0.123. The molecule has 0 spiro atoms. The smallest absolute Gasteiger partial charge is 0.293 e.